The molecule has 0 spiro atoms. The number of hydrogen-bond acceptors (Lipinski definition) is 4. The first-order valence-electron chi connectivity index (χ1n) is 7.89. The summed E-state index contributed by atoms with van der Waals surface area (Å²) in [5.74, 6) is -0.0540. The molecule has 1 aliphatic heterocycles. The van der Waals surface area contributed by atoms with Crippen molar-refractivity contribution in [2.45, 2.75) is 12.7 Å². The number of fused-ring (bicyclic) bond motifs is 1. The Bertz CT molecular complexity index is 1050. The second-order valence-electron chi connectivity index (χ2n) is 5.85. The normalized spacial score (nSPS) is 14.0. The van der Waals surface area contributed by atoms with Crippen LogP contribution in [0.3, 0.4) is 0 Å². The molecule has 1 amide bonds. The van der Waals surface area contributed by atoms with Crippen molar-refractivity contribution in [3.8, 4) is 22.8 Å². The molecule has 1 aromatic carbocycles. The van der Waals surface area contributed by atoms with Crippen LogP contribution < -0.4 is 5.32 Å². The number of halogens is 4. The van der Waals surface area contributed by atoms with E-state index in [1.807, 2.05) is 0 Å². The lowest BCUT2D eigenvalue weighted by molar-refractivity contribution is -0.137. The van der Waals surface area contributed by atoms with Crippen LogP contribution in [0.2, 0.25) is 5.02 Å². The van der Waals surface area contributed by atoms with E-state index in [1.165, 1.54) is 12.3 Å². The van der Waals surface area contributed by atoms with Crippen molar-refractivity contribution in [2.75, 3.05) is 6.54 Å². The van der Waals surface area contributed by atoms with Crippen LogP contribution in [-0.2, 0) is 12.7 Å². The molecule has 0 saturated carbocycles. The Labute approximate surface area is 156 Å². The maximum Gasteiger partial charge on any atom is 0.416 e. The lowest BCUT2D eigenvalue weighted by Crippen LogP contribution is -2.35. The Morgan fingerprint density at radius 1 is 1.15 bits per heavy atom. The number of carbonyl (C=O) groups excluding carboxylic acids is 1. The average molecular weight is 394 g/mol. The first-order chi connectivity index (χ1) is 12.8. The van der Waals surface area contributed by atoms with E-state index in [4.69, 9.17) is 11.6 Å². The molecule has 0 unspecified atom stereocenters. The number of rotatable bonds is 2. The molecule has 2 aromatic heterocycles. The summed E-state index contributed by atoms with van der Waals surface area (Å²) in [4.78, 5) is 20.3. The van der Waals surface area contributed by atoms with E-state index >= 15 is 0 Å². The molecule has 27 heavy (non-hydrogen) atoms. The van der Waals surface area contributed by atoms with Gasteiger partial charge in [-0.1, -0.05) is 11.6 Å². The summed E-state index contributed by atoms with van der Waals surface area (Å²) in [7, 11) is 0. The van der Waals surface area contributed by atoms with Crippen LogP contribution >= 0.6 is 11.6 Å². The van der Waals surface area contributed by atoms with Crippen LogP contribution in [0, 0.1) is 0 Å². The summed E-state index contributed by atoms with van der Waals surface area (Å²) in [5, 5.41) is 6.98. The summed E-state index contributed by atoms with van der Waals surface area (Å²) in [5.41, 5.74) is 0.747. The van der Waals surface area contributed by atoms with Gasteiger partial charge in [-0.3, -0.25) is 9.48 Å². The molecule has 138 valence electrons. The van der Waals surface area contributed by atoms with E-state index < -0.39 is 11.7 Å². The van der Waals surface area contributed by atoms with Crippen LogP contribution in [0.5, 0.6) is 0 Å². The van der Waals surface area contributed by atoms with E-state index in [0.717, 1.165) is 12.1 Å². The Morgan fingerprint density at radius 2 is 1.96 bits per heavy atom. The van der Waals surface area contributed by atoms with Gasteiger partial charge in [0.15, 0.2) is 5.82 Å². The highest BCUT2D eigenvalue weighted by Crippen LogP contribution is 2.35. The standard InChI is InChI=1S/C17H11ClF3N5O/c18-11-7-9(17(19,20)21)1-2-10(11)15-22-4-3-12(24-15)13-8-14-16(27)23-5-6-26(14)25-13/h1-4,7-8H,5-6H2,(H,23,27). The van der Waals surface area contributed by atoms with E-state index in [1.54, 1.807) is 16.8 Å². The van der Waals surface area contributed by atoms with E-state index in [0.29, 0.717) is 30.2 Å². The third-order valence-corrected chi connectivity index (χ3v) is 4.39. The number of nitrogens with zero attached hydrogens (tertiary/aromatic N) is 4. The highest BCUT2D eigenvalue weighted by Gasteiger charge is 2.31. The van der Waals surface area contributed by atoms with Crippen LogP contribution in [0.25, 0.3) is 22.8 Å². The van der Waals surface area contributed by atoms with E-state index in [-0.39, 0.29) is 22.3 Å². The zero-order valence-corrected chi connectivity index (χ0v) is 14.3. The van der Waals surface area contributed by atoms with Gasteiger partial charge in [-0.05, 0) is 30.3 Å². The lowest BCUT2D eigenvalue weighted by Gasteiger charge is -2.13. The van der Waals surface area contributed by atoms with Crippen LogP contribution in [-0.4, -0.2) is 32.2 Å². The first-order valence-corrected chi connectivity index (χ1v) is 8.27. The SMILES string of the molecule is O=C1NCCn2nc(-c3ccnc(-c4ccc(C(F)(F)F)cc4Cl)n3)cc21. The molecule has 0 radical (unpaired) electrons. The molecule has 10 heteroatoms. The van der Waals surface area contributed by atoms with Crippen LogP contribution in [0.1, 0.15) is 16.1 Å². The third-order valence-electron chi connectivity index (χ3n) is 4.08. The van der Waals surface area contributed by atoms with Crippen molar-refractivity contribution in [3.63, 3.8) is 0 Å². The summed E-state index contributed by atoms with van der Waals surface area (Å²) in [6.45, 7) is 1.03. The maximum atomic E-state index is 12.8. The van der Waals surface area contributed by atoms with E-state index in [2.05, 4.69) is 20.4 Å². The minimum absolute atomic E-state index is 0.106. The Balaban J connectivity index is 1.73. The molecule has 0 saturated heterocycles. The van der Waals surface area contributed by atoms with Crippen molar-refractivity contribution in [2.24, 2.45) is 0 Å². The Hall–Kier alpha value is -2.94. The number of alkyl halides is 3. The van der Waals surface area contributed by atoms with Gasteiger partial charge in [-0.2, -0.15) is 18.3 Å². The fourth-order valence-electron chi connectivity index (χ4n) is 2.76. The average Bonchev–Trinajstić information content (AvgIpc) is 3.07. The molecule has 3 heterocycles. The van der Waals surface area contributed by atoms with Crippen LogP contribution in [0.4, 0.5) is 13.2 Å². The minimum atomic E-state index is -4.49. The summed E-state index contributed by atoms with van der Waals surface area (Å²) in [6, 6.07) is 6.21. The zero-order chi connectivity index (χ0) is 19.2. The molecule has 1 aliphatic rings. The van der Waals surface area contributed by atoms with Gasteiger partial charge in [0.2, 0.25) is 0 Å². The first kappa shape index (κ1) is 17.5. The number of nitrogens with one attached hydrogen (secondary N) is 1. The fourth-order valence-corrected chi connectivity index (χ4v) is 3.03. The predicted octanol–water partition coefficient (Wildman–Crippen LogP) is 3.42. The van der Waals surface area contributed by atoms with Gasteiger partial charge in [0, 0.05) is 18.3 Å². The lowest BCUT2D eigenvalue weighted by atomic mass is 10.1. The highest BCUT2D eigenvalue weighted by atomic mass is 35.5. The summed E-state index contributed by atoms with van der Waals surface area (Å²) in [6.07, 6.45) is -3.02. The largest absolute Gasteiger partial charge is 0.416 e. The quantitative estimate of drug-likeness (QED) is 0.724. The summed E-state index contributed by atoms with van der Waals surface area (Å²) < 4.78 is 40.0. The van der Waals surface area contributed by atoms with Gasteiger partial charge in [0.05, 0.1) is 22.8 Å². The second-order valence-corrected chi connectivity index (χ2v) is 6.26. The second kappa shape index (κ2) is 6.34. The topological polar surface area (TPSA) is 72.7 Å². The van der Waals surface area contributed by atoms with Gasteiger partial charge < -0.3 is 5.32 Å². The molecule has 0 atom stereocenters. The molecule has 0 aliphatic carbocycles. The predicted molar refractivity (Wildman–Crippen MR) is 91.0 cm³/mol. The smallest absolute Gasteiger partial charge is 0.349 e. The maximum absolute atomic E-state index is 12.8. The van der Waals surface area contributed by atoms with Gasteiger partial charge >= 0.3 is 6.18 Å². The number of aromatic nitrogens is 4. The molecule has 0 fully saturated rings. The monoisotopic (exact) mass is 393 g/mol. The molecular formula is C17H11ClF3N5O. The zero-order valence-electron chi connectivity index (χ0n) is 13.6. The third kappa shape index (κ3) is 3.25. The van der Waals surface area contributed by atoms with Crippen molar-refractivity contribution in [3.05, 3.63) is 52.8 Å². The molecule has 4 rings (SSSR count). The minimum Gasteiger partial charge on any atom is -0.349 e. The number of benzene rings is 1. The molecular weight excluding hydrogens is 383 g/mol. The number of carbonyl (C=O) groups is 1. The van der Waals surface area contributed by atoms with Crippen molar-refractivity contribution in [1.29, 1.82) is 0 Å². The Kier molecular flexibility index (Phi) is 4.11. The fraction of sp³-hybridized carbons (Fsp3) is 0.176. The van der Waals surface area contributed by atoms with Crippen molar-refractivity contribution in [1.82, 2.24) is 25.1 Å². The summed E-state index contributed by atoms with van der Waals surface area (Å²) >= 11 is 6.02. The van der Waals surface area contributed by atoms with Gasteiger partial charge in [0.1, 0.15) is 11.4 Å². The van der Waals surface area contributed by atoms with Gasteiger partial charge in [-0.25, -0.2) is 9.97 Å². The number of amides is 1. The molecule has 1 N–H and O–H groups in total. The molecule has 6 nitrogen and oxygen atoms in total. The molecule has 3 aromatic rings. The Morgan fingerprint density at radius 3 is 2.67 bits per heavy atom. The number of hydrogen-bond donors (Lipinski definition) is 1. The van der Waals surface area contributed by atoms with Crippen molar-refractivity contribution < 1.29 is 18.0 Å². The van der Waals surface area contributed by atoms with Gasteiger partial charge in [0.25, 0.3) is 5.91 Å². The highest BCUT2D eigenvalue weighted by molar-refractivity contribution is 6.33. The van der Waals surface area contributed by atoms with Crippen molar-refractivity contribution >= 4 is 17.5 Å². The molecule has 0 bridgehead atoms. The van der Waals surface area contributed by atoms with Gasteiger partial charge in [-0.15, -0.1) is 0 Å². The van der Waals surface area contributed by atoms with E-state index in [9.17, 15) is 18.0 Å². The van der Waals surface area contributed by atoms with Crippen LogP contribution in [0.15, 0.2) is 36.5 Å².